The van der Waals surface area contributed by atoms with Gasteiger partial charge in [0.1, 0.15) is 0 Å². The zero-order valence-electron chi connectivity index (χ0n) is 14.3. The summed E-state index contributed by atoms with van der Waals surface area (Å²) in [7, 11) is 1.78. The molecule has 128 valence electrons. The second-order valence-corrected chi connectivity index (χ2v) is 6.81. The molecular formula is C19H25N3O2. The normalized spacial score (nSPS) is 20.8. The first-order chi connectivity index (χ1) is 11.5. The monoisotopic (exact) mass is 327 g/mol. The Labute approximate surface area is 142 Å². The van der Waals surface area contributed by atoms with Crippen LogP contribution in [0.25, 0.3) is 10.9 Å². The van der Waals surface area contributed by atoms with Crippen LogP contribution in [0, 0.1) is 12.8 Å². The number of aryl methyl sites for hydroxylation is 1. The second-order valence-electron chi connectivity index (χ2n) is 6.81. The molecule has 1 heterocycles. The molecule has 2 amide bonds. The summed E-state index contributed by atoms with van der Waals surface area (Å²) in [6, 6.07) is 7.72. The van der Waals surface area contributed by atoms with Gasteiger partial charge in [-0.15, -0.1) is 0 Å². The summed E-state index contributed by atoms with van der Waals surface area (Å²) >= 11 is 0. The number of fused-ring (bicyclic) bond motifs is 1. The third kappa shape index (κ3) is 3.67. The second kappa shape index (κ2) is 7.18. The van der Waals surface area contributed by atoms with Crippen LogP contribution < -0.4 is 5.32 Å². The lowest BCUT2D eigenvalue weighted by Crippen LogP contribution is -2.40. The Kier molecular flexibility index (Phi) is 5.00. The van der Waals surface area contributed by atoms with Gasteiger partial charge in [-0.25, -0.2) is 4.79 Å². The molecule has 5 nitrogen and oxygen atoms in total. The molecule has 1 aromatic heterocycles. The van der Waals surface area contributed by atoms with E-state index in [0.29, 0.717) is 6.54 Å². The molecule has 2 aromatic rings. The van der Waals surface area contributed by atoms with Gasteiger partial charge >= 0.3 is 6.03 Å². The summed E-state index contributed by atoms with van der Waals surface area (Å²) in [5, 5.41) is 14.1. The number of hydrogen-bond acceptors (Lipinski definition) is 3. The number of hydrogen-bond donors (Lipinski definition) is 2. The number of carbonyl (C=O) groups excluding carboxylic acids is 1. The zero-order valence-corrected chi connectivity index (χ0v) is 14.3. The minimum atomic E-state index is -0.296. The molecule has 0 spiro atoms. The smallest absolute Gasteiger partial charge is 0.321 e. The fourth-order valence-corrected chi connectivity index (χ4v) is 3.48. The summed E-state index contributed by atoms with van der Waals surface area (Å²) in [5.74, 6) is 0.168. The molecule has 1 fully saturated rings. The highest BCUT2D eigenvalue weighted by Crippen LogP contribution is 2.26. The Morgan fingerprint density at radius 3 is 2.96 bits per heavy atom. The highest BCUT2D eigenvalue weighted by Gasteiger charge is 2.25. The van der Waals surface area contributed by atoms with Crippen LogP contribution in [0.3, 0.4) is 0 Å². The maximum Gasteiger partial charge on any atom is 0.321 e. The van der Waals surface area contributed by atoms with E-state index in [9.17, 15) is 9.90 Å². The molecule has 0 radical (unpaired) electrons. The molecule has 1 aliphatic carbocycles. The van der Waals surface area contributed by atoms with E-state index in [1.165, 1.54) is 0 Å². The van der Waals surface area contributed by atoms with E-state index in [1.807, 2.05) is 25.1 Å². The predicted octanol–water partition coefficient (Wildman–Crippen LogP) is 3.56. The first-order valence-corrected chi connectivity index (χ1v) is 8.60. The maximum atomic E-state index is 12.6. The van der Waals surface area contributed by atoms with Gasteiger partial charge in [0, 0.05) is 31.1 Å². The molecule has 3 rings (SSSR count). The van der Waals surface area contributed by atoms with Crippen molar-refractivity contribution in [2.75, 3.05) is 18.9 Å². The largest absolute Gasteiger partial charge is 0.393 e. The van der Waals surface area contributed by atoms with Gasteiger partial charge in [-0.1, -0.05) is 18.9 Å². The van der Waals surface area contributed by atoms with Crippen molar-refractivity contribution in [1.82, 2.24) is 9.88 Å². The van der Waals surface area contributed by atoms with Crippen LogP contribution in [0.4, 0.5) is 10.5 Å². The quantitative estimate of drug-likeness (QED) is 0.906. The van der Waals surface area contributed by atoms with E-state index in [0.717, 1.165) is 47.8 Å². The van der Waals surface area contributed by atoms with Crippen molar-refractivity contribution >= 4 is 22.6 Å². The Balaban J connectivity index is 1.72. The number of aliphatic hydroxyl groups excluding tert-OH is 1. The Morgan fingerprint density at radius 1 is 1.38 bits per heavy atom. The number of aromatic nitrogens is 1. The van der Waals surface area contributed by atoms with E-state index < -0.39 is 0 Å². The topological polar surface area (TPSA) is 65.5 Å². The number of pyridine rings is 1. The Bertz CT molecular complexity index is 732. The number of urea groups is 1. The van der Waals surface area contributed by atoms with Crippen LogP contribution in [0.15, 0.2) is 30.5 Å². The molecule has 1 saturated carbocycles. The minimum Gasteiger partial charge on any atom is -0.393 e. The van der Waals surface area contributed by atoms with E-state index in [1.54, 1.807) is 18.1 Å². The third-order valence-corrected chi connectivity index (χ3v) is 4.81. The van der Waals surface area contributed by atoms with Crippen molar-refractivity contribution < 1.29 is 9.90 Å². The fraction of sp³-hybridized carbons (Fsp3) is 0.474. The summed E-state index contributed by atoms with van der Waals surface area (Å²) in [4.78, 5) is 18.6. The highest BCUT2D eigenvalue weighted by atomic mass is 16.3. The fourth-order valence-electron chi connectivity index (χ4n) is 3.48. The lowest BCUT2D eigenvalue weighted by molar-refractivity contribution is 0.0575. The van der Waals surface area contributed by atoms with Crippen LogP contribution in [0.1, 0.15) is 31.2 Å². The Hall–Kier alpha value is -2.14. The lowest BCUT2D eigenvalue weighted by atomic mass is 9.86. The van der Waals surface area contributed by atoms with Crippen molar-refractivity contribution in [2.45, 2.75) is 38.7 Å². The van der Waals surface area contributed by atoms with E-state index in [2.05, 4.69) is 16.4 Å². The van der Waals surface area contributed by atoms with Crippen LogP contribution in [-0.4, -0.2) is 40.7 Å². The zero-order chi connectivity index (χ0) is 17.1. The number of rotatable bonds is 3. The first-order valence-electron chi connectivity index (χ1n) is 8.60. The molecule has 0 aliphatic heterocycles. The molecule has 1 aromatic carbocycles. The highest BCUT2D eigenvalue weighted by molar-refractivity contribution is 5.99. The molecular weight excluding hydrogens is 302 g/mol. The minimum absolute atomic E-state index is 0.162. The molecule has 1 aliphatic rings. The molecule has 2 N–H and O–H groups in total. The maximum absolute atomic E-state index is 12.6. The average Bonchev–Trinajstić information content (AvgIpc) is 2.56. The van der Waals surface area contributed by atoms with Crippen molar-refractivity contribution in [3.63, 3.8) is 0 Å². The number of amides is 2. The number of aliphatic hydroxyl groups is 1. The van der Waals surface area contributed by atoms with Gasteiger partial charge in [0.25, 0.3) is 0 Å². The Morgan fingerprint density at radius 2 is 2.17 bits per heavy atom. The van der Waals surface area contributed by atoms with Gasteiger partial charge in [-0.2, -0.15) is 0 Å². The number of nitrogens with zero attached hydrogens (tertiary/aromatic N) is 2. The SMILES string of the molecule is Cc1cc(NC(=O)N(C)CC2CCCCC2O)c2ncccc2c1. The van der Waals surface area contributed by atoms with Crippen LogP contribution in [0.5, 0.6) is 0 Å². The first kappa shape index (κ1) is 16.7. The van der Waals surface area contributed by atoms with Crippen LogP contribution in [0.2, 0.25) is 0 Å². The number of anilines is 1. The van der Waals surface area contributed by atoms with Crippen LogP contribution in [-0.2, 0) is 0 Å². The molecule has 24 heavy (non-hydrogen) atoms. The number of carbonyl (C=O) groups is 1. The molecule has 0 bridgehead atoms. The van der Waals surface area contributed by atoms with Crippen LogP contribution >= 0.6 is 0 Å². The van der Waals surface area contributed by atoms with Gasteiger partial charge in [0.2, 0.25) is 0 Å². The summed E-state index contributed by atoms with van der Waals surface area (Å²) < 4.78 is 0. The van der Waals surface area contributed by atoms with Gasteiger partial charge < -0.3 is 15.3 Å². The van der Waals surface area contributed by atoms with E-state index in [-0.39, 0.29) is 18.1 Å². The number of benzene rings is 1. The summed E-state index contributed by atoms with van der Waals surface area (Å²) in [5.41, 5.74) is 2.60. The lowest BCUT2D eigenvalue weighted by Gasteiger charge is -2.31. The van der Waals surface area contributed by atoms with Gasteiger partial charge in [0.05, 0.1) is 17.3 Å². The van der Waals surface area contributed by atoms with Gasteiger partial charge in [-0.3, -0.25) is 4.98 Å². The predicted molar refractivity (Wildman–Crippen MR) is 96.1 cm³/mol. The van der Waals surface area contributed by atoms with E-state index in [4.69, 9.17) is 0 Å². The standard InChI is InChI=1S/C19H25N3O2/c1-13-10-14-7-5-9-20-18(14)16(11-13)21-19(24)22(2)12-15-6-3-4-8-17(15)23/h5,7,9-11,15,17,23H,3-4,6,8,12H2,1-2H3,(H,21,24). The van der Waals surface area contributed by atoms with Crippen molar-refractivity contribution in [3.8, 4) is 0 Å². The summed E-state index contributed by atoms with van der Waals surface area (Å²) in [6.07, 6.45) is 5.46. The van der Waals surface area contributed by atoms with Crippen molar-refractivity contribution in [1.29, 1.82) is 0 Å². The van der Waals surface area contributed by atoms with Crippen molar-refractivity contribution in [2.24, 2.45) is 5.92 Å². The van der Waals surface area contributed by atoms with Gasteiger partial charge in [0.15, 0.2) is 0 Å². The van der Waals surface area contributed by atoms with E-state index >= 15 is 0 Å². The number of nitrogens with one attached hydrogen (secondary N) is 1. The van der Waals surface area contributed by atoms with Gasteiger partial charge in [-0.05, 0) is 43.5 Å². The molecule has 0 saturated heterocycles. The molecule has 2 unspecified atom stereocenters. The molecule has 2 atom stereocenters. The average molecular weight is 327 g/mol. The van der Waals surface area contributed by atoms with Crippen molar-refractivity contribution in [3.05, 3.63) is 36.0 Å². The molecule has 5 heteroatoms. The summed E-state index contributed by atoms with van der Waals surface area (Å²) in [6.45, 7) is 2.58. The third-order valence-electron chi connectivity index (χ3n) is 4.81.